The van der Waals surface area contributed by atoms with Gasteiger partial charge in [-0.25, -0.2) is 5.43 Å². The van der Waals surface area contributed by atoms with Gasteiger partial charge in [0.1, 0.15) is 0 Å². The highest BCUT2D eigenvalue weighted by molar-refractivity contribution is 5.85. The van der Waals surface area contributed by atoms with Crippen LogP contribution in [0.25, 0.3) is 0 Å². The predicted octanol–water partition coefficient (Wildman–Crippen LogP) is 5.36. The molecular weight excluding hydrogens is 332 g/mol. The van der Waals surface area contributed by atoms with Crippen molar-refractivity contribution in [1.29, 1.82) is 0 Å². The maximum Gasteiger partial charge on any atom is 0.243 e. The van der Waals surface area contributed by atoms with Gasteiger partial charge in [-0.15, -0.1) is 0 Å². The third-order valence-electron chi connectivity index (χ3n) is 5.32. The Balaban J connectivity index is 1.52. The molecule has 0 spiro atoms. The van der Waals surface area contributed by atoms with Crippen molar-refractivity contribution in [2.24, 2.45) is 11.0 Å². The smallest absolute Gasteiger partial charge is 0.243 e. The first-order valence-corrected chi connectivity index (χ1v) is 9.79. The molecule has 0 aliphatic heterocycles. The minimum Gasteiger partial charge on any atom is -0.273 e. The van der Waals surface area contributed by atoms with Gasteiger partial charge in [0.05, 0.1) is 6.21 Å². The van der Waals surface area contributed by atoms with Gasteiger partial charge in [-0.2, -0.15) is 5.10 Å². The molecule has 2 aromatic rings. The number of rotatable bonds is 5. The molecule has 2 atom stereocenters. The van der Waals surface area contributed by atoms with Crippen LogP contribution >= 0.6 is 0 Å². The molecule has 0 bridgehead atoms. The second-order valence-corrected chi connectivity index (χ2v) is 8.88. The predicted molar refractivity (Wildman–Crippen MR) is 112 cm³/mol. The lowest BCUT2D eigenvalue weighted by Gasteiger charge is -2.19. The second-order valence-electron chi connectivity index (χ2n) is 8.88. The zero-order valence-corrected chi connectivity index (χ0v) is 17.0. The van der Waals surface area contributed by atoms with Gasteiger partial charge in [0.25, 0.3) is 0 Å². The summed E-state index contributed by atoms with van der Waals surface area (Å²) in [5.74, 6) is 0.875. The van der Waals surface area contributed by atoms with Gasteiger partial charge in [-0.05, 0) is 45.9 Å². The van der Waals surface area contributed by atoms with Crippen LogP contribution in [0.1, 0.15) is 75.1 Å². The van der Waals surface area contributed by atoms with Crippen LogP contribution in [0.2, 0.25) is 0 Å². The van der Waals surface area contributed by atoms with Crippen molar-refractivity contribution < 1.29 is 4.79 Å². The fourth-order valence-electron chi connectivity index (χ4n) is 3.30. The SMILES string of the molecule is CC(C)c1ccc(/C=N/NC(=O)[C@@H]2C[C@@H]2c2ccc(C(C)(C)C)cc2)cc1. The summed E-state index contributed by atoms with van der Waals surface area (Å²) in [4.78, 5) is 12.3. The van der Waals surface area contributed by atoms with Gasteiger partial charge in [0.15, 0.2) is 0 Å². The van der Waals surface area contributed by atoms with Crippen LogP contribution in [0.5, 0.6) is 0 Å². The number of benzene rings is 2. The number of carbonyl (C=O) groups is 1. The molecule has 3 heteroatoms. The molecule has 27 heavy (non-hydrogen) atoms. The Labute approximate surface area is 162 Å². The minimum atomic E-state index is 0.00921. The van der Waals surface area contributed by atoms with Crippen LogP contribution in [-0.4, -0.2) is 12.1 Å². The normalized spacial score (nSPS) is 19.5. The Hall–Kier alpha value is -2.42. The average Bonchev–Trinajstić information content (AvgIpc) is 3.42. The average molecular weight is 363 g/mol. The standard InChI is InChI=1S/C24H30N2O/c1-16(2)18-8-6-17(7-9-18)15-25-26-23(27)22-14-21(22)19-10-12-20(13-11-19)24(3,4)5/h6-13,15-16,21-22H,14H2,1-5H3,(H,26,27)/b25-15+/t21-,22-/m1/s1. The molecule has 0 aromatic heterocycles. The molecule has 1 saturated carbocycles. The summed E-state index contributed by atoms with van der Waals surface area (Å²) in [6.07, 6.45) is 2.61. The van der Waals surface area contributed by atoms with E-state index in [0.717, 1.165) is 12.0 Å². The first-order chi connectivity index (χ1) is 12.8. The Kier molecular flexibility index (Phi) is 5.50. The molecule has 1 fully saturated rings. The van der Waals surface area contributed by atoms with Crippen molar-refractivity contribution in [1.82, 2.24) is 5.43 Å². The highest BCUT2D eigenvalue weighted by Crippen LogP contribution is 2.47. The van der Waals surface area contributed by atoms with E-state index in [9.17, 15) is 4.79 Å². The lowest BCUT2D eigenvalue weighted by Crippen LogP contribution is -2.20. The molecule has 3 nitrogen and oxygen atoms in total. The number of nitrogens with zero attached hydrogens (tertiary/aromatic N) is 1. The number of hydrogen-bond acceptors (Lipinski definition) is 2. The van der Waals surface area contributed by atoms with Gasteiger partial charge in [-0.1, -0.05) is 83.1 Å². The van der Waals surface area contributed by atoms with Crippen LogP contribution in [-0.2, 0) is 10.2 Å². The van der Waals surface area contributed by atoms with Crippen molar-refractivity contribution in [3.8, 4) is 0 Å². The summed E-state index contributed by atoms with van der Waals surface area (Å²) >= 11 is 0. The maximum absolute atomic E-state index is 12.3. The maximum atomic E-state index is 12.3. The van der Waals surface area contributed by atoms with Gasteiger partial charge in [0.2, 0.25) is 5.91 Å². The van der Waals surface area contributed by atoms with E-state index < -0.39 is 0 Å². The molecule has 1 N–H and O–H groups in total. The van der Waals surface area contributed by atoms with Crippen LogP contribution in [0, 0.1) is 5.92 Å². The first-order valence-electron chi connectivity index (χ1n) is 9.79. The summed E-state index contributed by atoms with van der Waals surface area (Å²) in [7, 11) is 0. The largest absolute Gasteiger partial charge is 0.273 e. The van der Waals surface area contributed by atoms with E-state index in [1.54, 1.807) is 6.21 Å². The highest BCUT2D eigenvalue weighted by Gasteiger charge is 2.43. The monoisotopic (exact) mass is 362 g/mol. The summed E-state index contributed by atoms with van der Waals surface area (Å²) in [5, 5.41) is 4.13. The Morgan fingerprint density at radius 1 is 1.07 bits per heavy atom. The fraction of sp³-hybridized carbons (Fsp3) is 0.417. The van der Waals surface area contributed by atoms with E-state index in [-0.39, 0.29) is 17.2 Å². The van der Waals surface area contributed by atoms with Crippen LogP contribution in [0.15, 0.2) is 53.6 Å². The molecule has 3 rings (SSSR count). The molecule has 142 valence electrons. The molecule has 1 aliphatic carbocycles. The number of hydrogen-bond donors (Lipinski definition) is 1. The van der Waals surface area contributed by atoms with Crippen molar-refractivity contribution in [3.05, 3.63) is 70.8 Å². The van der Waals surface area contributed by atoms with E-state index in [4.69, 9.17) is 0 Å². The summed E-state index contributed by atoms with van der Waals surface area (Å²) in [6, 6.07) is 17.0. The molecule has 1 amide bonds. The number of nitrogens with one attached hydrogen (secondary N) is 1. The van der Waals surface area contributed by atoms with Crippen molar-refractivity contribution >= 4 is 12.1 Å². The highest BCUT2D eigenvalue weighted by atomic mass is 16.2. The lowest BCUT2D eigenvalue weighted by atomic mass is 9.86. The molecule has 0 unspecified atom stereocenters. The second kappa shape index (κ2) is 7.67. The molecule has 0 saturated heterocycles. The molecule has 2 aromatic carbocycles. The van der Waals surface area contributed by atoms with E-state index in [1.165, 1.54) is 16.7 Å². The lowest BCUT2D eigenvalue weighted by molar-refractivity contribution is -0.122. The zero-order chi connectivity index (χ0) is 19.6. The zero-order valence-electron chi connectivity index (χ0n) is 17.0. The molecule has 0 radical (unpaired) electrons. The summed E-state index contributed by atoms with van der Waals surface area (Å²) < 4.78 is 0. The Bertz CT molecular complexity index is 811. The number of carbonyl (C=O) groups excluding carboxylic acids is 1. The topological polar surface area (TPSA) is 41.5 Å². The first kappa shape index (κ1) is 19.3. The Morgan fingerprint density at radius 3 is 2.26 bits per heavy atom. The Morgan fingerprint density at radius 2 is 1.70 bits per heavy atom. The third kappa shape index (κ3) is 4.85. The van der Waals surface area contributed by atoms with Crippen molar-refractivity contribution in [3.63, 3.8) is 0 Å². The summed E-state index contributed by atoms with van der Waals surface area (Å²) in [6.45, 7) is 11.0. The van der Waals surface area contributed by atoms with Gasteiger partial charge in [0, 0.05) is 5.92 Å². The van der Waals surface area contributed by atoms with Gasteiger partial charge >= 0.3 is 0 Å². The molecular formula is C24H30N2O. The molecule has 1 aliphatic rings. The van der Waals surface area contributed by atoms with Crippen LogP contribution in [0.3, 0.4) is 0 Å². The fourth-order valence-corrected chi connectivity index (χ4v) is 3.30. The molecule has 0 heterocycles. The minimum absolute atomic E-state index is 0.00921. The summed E-state index contributed by atoms with van der Waals surface area (Å²) in [5.41, 5.74) is 7.71. The quantitative estimate of drug-likeness (QED) is 0.564. The van der Waals surface area contributed by atoms with Crippen molar-refractivity contribution in [2.45, 2.75) is 58.3 Å². The van der Waals surface area contributed by atoms with E-state index >= 15 is 0 Å². The van der Waals surface area contributed by atoms with E-state index in [0.29, 0.717) is 11.8 Å². The van der Waals surface area contributed by atoms with Gasteiger partial charge in [-0.3, -0.25) is 4.79 Å². The van der Waals surface area contributed by atoms with E-state index in [2.05, 4.69) is 81.5 Å². The van der Waals surface area contributed by atoms with Gasteiger partial charge < -0.3 is 0 Å². The van der Waals surface area contributed by atoms with Crippen molar-refractivity contribution in [2.75, 3.05) is 0 Å². The van der Waals surface area contributed by atoms with Crippen LogP contribution < -0.4 is 5.43 Å². The van der Waals surface area contributed by atoms with E-state index in [1.807, 2.05) is 12.1 Å². The third-order valence-corrected chi connectivity index (χ3v) is 5.32. The number of hydrazone groups is 1. The number of amides is 1. The van der Waals surface area contributed by atoms with Crippen LogP contribution in [0.4, 0.5) is 0 Å².